The minimum Gasteiger partial charge on any atom is -0.379 e. The molecule has 0 radical (unpaired) electrons. The normalized spacial score (nSPS) is 16.4. The van der Waals surface area contributed by atoms with E-state index in [9.17, 15) is 4.79 Å². The number of benzene rings is 1. The van der Waals surface area contributed by atoms with Crippen LogP contribution >= 0.6 is 0 Å². The topological polar surface area (TPSA) is 50.3 Å². The molecule has 1 N–H and O–H groups in total. The number of aromatic nitrogens is 2. The lowest BCUT2D eigenvalue weighted by atomic mass is 10.2. The number of fused-ring (bicyclic) bond motifs is 3. The van der Waals surface area contributed by atoms with Gasteiger partial charge in [0.05, 0.1) is 24.2 Å². The first-order chi connectivity index (χ1) is 11.2. The zero-order chi connectivity index (χ0) is 15.8. The van der Waals surface area contributed by atoms with Crippen molar-refractivity contribution in [3.05, 3.63) is 46.4 Å². The first-order valence-electron chi connectivity index (χ1n) is 8.14. The van der Waals surface area contributed by atoms with Crippen molar-refractivity contribution in [1.29, 1.82) is 0 Å². The lowest BCUT2D eigenvalue weighted by Gasteiger charge is -2.27. The Bertz CT molecular complexity index is 904. The Hall–Kier alpha value is -2.11. The average Bonchev–Trinajstić information content (AvgIpc) is 2.88. The third-order valence-corrected chi connectivity index (χ3v) is 4.72. The Morgan fingerprint density at radius 1 is 1.13 bits per heavy atom. The third kappa shape index (κ3) is 2.56. The summed E-state index contributed by atoms with van der Waals surface area (Å²) in [5.41, 5.74) is 3.42. The van der Waals surface area contributed by atoms with E-state index in [4.69, 9.17) is 4.74 Å². The zero-order valence-corrected chi connectivity index (χ0v) is 13.3. The van der Waals surface area contributed by atoms with Gasteiger partial charge < -0.3 is 14.3 Å². The van der Waals surface area contributed by atoms with Crippen LogP contribution in [0.2, 0.25) is 0 Å². The van der Waals surface area contributed by atoms with Crippen LogP contribution < -0.4 is 5.43 Å². The van der Waals surface area contributed by atoms with Crippen molar-refractivity contribution in [2.75, 3.05) is 32.8 Å². The summed E-state index contributed by atoms with van der Waals surface area (Å²) >= 11 is 0. The standard InChI is InChI=1S/C18H21N3O2/c1-13-18-16(4-5-19-13)15-3-2-14(22)12-17(15)21(18)7-6-20-8-10-23-11-9-20/h2-5,12,19H,6-11H2,1H3. The van der Waals surface area contributed by atoms with Gasteiger partial charge in [-0.15, -0.1) is 0 Å². The molecule has 3 aromatic rings. The molecule has 0 saturated carbocycles. The Morgan fingerprint density at radius 3 is 2.78 bits per heavy atom. The number of aryl methyl sites for hydroxylation is 1. The van der Waals surface area contributed by atoms with Gasteiger partial charge >= 0.3 is 0 Å². The van der Waals surface area contributed by atoms with Crippen molar-refractivity contribution in [3.63, 3.8) is 0 Å². The van der Waals surface area contributed by atoms with Gasteiger partial charge in [-0.1, -0.05) is 0 Å². The summed E-state index contributed by atoms with van der Waals surface area (Å²) in [6.45, 7) is 7.52. The second-order valence-electron chi connectivity index (χ2n) is 6.15. The predicted octanol–water partition coefficient (Wildman–Crippen LogP) is 2.12. The van der Waals surface area contributed by atoms with Gasteiger partial charge in [0.15, 0.2) is 5.43 Å². The smallest absolute Gasteiger partial charge is 0.180 e. The number of H-pyrrole nitrogens is 1. The fourth-order valence-electron chi connectivity index (χ4n) is 3.55. The number of nitrogens with one attached hydrogen (secondary N) is 1. The molecular formula is C18H21N3O2. The van der Waals surface area contributed by atoms with Crippen molar-refractivity contribution in [1.82, 2.24) is 14.5 Å². The van der Waals surface area contributed by atoms with Gasteiger partial charge in [-0.05, 0) is 25.1 Å². The quantitative estimate of drug-likeness (QED) is 0.806. The molecule has 0 spiro atoms. The van der Waals surface area contributed by atoms with Gasteiger partial charge in [0.2, 0.25) is 0 Å². The fourth-order valence-corrected chi connectivity index (χ4v) is 3.55. The molecule has 1 saturated heterocycles. The SMILES string of the molecule is Cc1[nH]ccc2c3ccc(=O)cc3n(CCN3CCOCC3)c12. The highest BCUT2D eigenvalue weighted by Gasteiger charge is 2.15. The molecule has 1 aromatic carbocycles. The van der Waals surface area contributed by atoms with Gasteiger partial charge in [0.25, 0.3) is 0 Å². The number of ether oxygens (including phenoxy) is 1. The van der Waals surface area contributed by atoms with E-state index in [1.165, 1.54) is 10.9 Å². The van der Waals surface area contributed by atoms with Crippen LogP contribution in [0.1, 0.15) is 5.69 Å². The summed E-state index contributed by atoms with van der Waals surface area (Å²) in [5.74, 6) is 0. The number of hydrogen-bond acceptors (Lipinski definition) is 3. The summed E-state index contributed by atoms with van der Waals surface area (Å²) in [4.78, 5) is 17.6. The zero-order valence-electron chi connectivity index (χ0n) is 13.3. The maximum absolute atomic E-state index is 11.9. The summed E-state index contributed by atoms with van der Waals surface area (Å²) < 4.78 is 7.70. The number of hydrogen-bond donors (Lipinski definition) is 1. The van der Waals surface area contributed by atoms with Gasteiger partial charge in [-0.25, -0.2) is 0 Å². The number of rotatable bonds is 3. The van der Waals surface area contributed by atoms with E-state index in [-0.39, 0.29) is 5.43 Å². The Morgan fingerprint density at radius 2 is 1.96 bits per heavy atom. The molecule has 1 aliphatic heterocycles. The van der Waals surface area contributed by atoms with Crippen molar-refractivity contribution >= 4 is 21.8 Å². The molecule has 120 valence electrons. The van der Waals surface area contributed by atoms with Crippen LogP contribution in [0.4, 0.5) is 0 Å². The summed E-state index contributed by atoms with van der Waals surface area (Å²) in [6.07, 6.45) is 1.97. The molecule has 5 heteroatoms. The van der Waals surface area contributed by atoms with E-state index < -0.39 is 0 Å². The Balaban J connectivity index is 1.81. The van der Waals surface area contributed by atoms with Crippen molar-refractivity contribution in [2.24, 2.45) is 0 Å². The molecule has 0 amide bonds. The van der Waals surface area contributed by atoms with Gasteiger partial charge in [-0.3, -0.25) is 9.69 Å². The molecule has 1 aliphatic rings. The lowest BCUT2D eigenvalue weighted by Crippen LogP contribution is -2.38. The monoisotopic (exact) mass is 311 g/mol. The molecular weight excluding hydrogens is 290 g/mol. The molecule has 1 fully saturated rings. The molecule has 23 heavy (non-hydrogen) atoms. The van der Waals surface area contributed by atoms with E-state index in [0.29, 0.717) is 0 Å². The largest absolute Gasteiger partial charge is 0.379 e. The van der Waals surface area contributed by atoms with Gasteiger partial charge in [-0.2, -0.15) is 0 Å². The van der Waals surface area contributed by atoms with Crippen LogP contribution in [-0.2, 0) is 11.3 Å². The molecule has 5 nitrogen and oxygen atoms in total. The summed E-state index contributed by atoms with van der Waals surface area (Å²) in [7, 11) is 0. The van der Waals surface area contributed by atoms with E-state index in [1.807, 2.05) is 12.3 Å². The lowest BCUT2D eigenvalue weighted by molar-refractivity contribution is 0.0366. The van der Waals surface area contributed by atoms with E-state index in [2.05, 4.69) is 27.4 Å². The van der Waals surface area contributed by atoms with Crippen molar-refractivity contribution in [2.45, 2.75) is 13.5 Å². The van der Waals surface area contributed by atoms with Crippen LogP contribution in [0.5, 0.6) is 0 Å². The van der Waals surface area contributed by atoms with Crippen molar-refractivity contribution in [3.8, 4) is 0 Å². The molecule has 2 aromatic heterocycles. The molecule has 4 rings (SSSR count). The number of aromatic amines is 1. The maximum atomic E-state index is 11.9. The van der Waals surface area contributed by atoms with E-state index in [1.54, 1.807) is 12.1 Å². The van der Waals surface area contributed by atoms with Crippen LogP contribution in [0, 0.1) is 6.92 Å². The predicted molar refractivity (Wildman–Crippen MR) is 92.1 cm³/mol. The van der Waals surface area contributed by atoms with Crippen LogP contribution in [0.15, 0.2) is 35.3 Å². The van der Waals surface area contributed by atoms with Crippen LogP contribution in [-0.4, -0.2) is 47.3 Å². The first-order valence-corrected chi connectivity index (χ1v) is 8.14. The average molecular weight is 311 g/mol. The van der Waals surface area contributed by atoms with Crippen LogP contribution in [0.25, 0.3) is 21.8 Å². The Labute approximate surface area is 134 Å². The van der Waals surface area contributed by atoms with Crippen molar-refractivity contribution < 1.29 is 4.74 Å². The molecule has 0 atom stereocenters. The third-order valence-electron chi connectivity index (χ3n) is 4.72. The summed E-state index contributed by atoms with van der Waals surface area (Å²) in [6, 6.07) is 7.46. The van der Waals surface area contributed by atoms with Gasteiger partial charge in [0, 0.05) is 54.9 Å². The first kappa shape index (κ1) is 14.5. The number of nitrogens with zero attached hydrogens (tertiary/aromatic N) is 2. The Kier molecular flexibility index (Phi) is 3.67. The van der Waals surface area contributed by atoms with E-state index >= 15 is 0 Å². The second-order valence-corrected chi connectivity index (χ2v) is 6.15. The summed E-state index contributed by atoms with van der Waals surface area (Å²) in [5, 5.41) is 2.36. The van der Waals surface area contributed by atoms with Gasteiger partial charge in [0.1, 0.15) is 0 Å². The minimum atomic E-state index is 0.0644. The highest BCUT2D eigenvalue weighted by molar-refractivity contribution is 6.08. The molecule has 0 aliphatic carbocycles. The maximum Gasteiger partial charge on any atom is 0.180 e. The fraction of sp³-hybridized carbons (Fsp3) is 0.389. The number of pyridine rings is 1. The highest BCUT2D eigenvalue weighted by Crippen LogP contribution is 2.29. The molecule has 3 heterocycles. The van der Waals surface area contributed by atoms with Crippen LogP contribution in [0.3, 0.4) is 0 Å². The molecule has 0 unspecified atom stereocenters. The second kappa shape index (κ2) is 5.83. The molecule has 0 bridgehead atoms. The van der Waals surface area contributed by atoms with E-state index in [0.717, 1.165) is 56.0 Å². The highest BCUT2D eigenvalue weighted by atomic mass is 16.5. The number of morpholine rings is 1. The minimum absolute atomic E-state index is 0.0644.